The van der Waals surface area contributed by atoms with Crippen LogP contribution >= 0.6 is 11.6 Å². The van der Waals surface area contributed by atoms with Crippen LogP contribution in [-0.4, -0.2) is 52.9 Å². The van der Waals surface area contributed by atoms with Crippen LogP contribution in [0.4, 0.5) is 5.69 Å². The van der Waals surface area contributed by atoms with Gasteiger partial charge in [0.1, 0.15) is 0 Å². The molecule has 6 heteroatoms. The van der Waals surface area contributed by atoms with Gasteiger partial charge in [-0.3, -0.25) is 9.69 Å². The zero-order valence-electron chi connectivity index (χ0n) is 10.4. The molecule has 1 aliphatic rings. The highest BCUT2D eigenvalue weighted by Crippen LogP contribution is 2.20. The molecule has 1 saturated heterocycles. The zero-order valence-corrected chi connectivity index (χ0v) is 11.2. The molecule has 0 spiro atoms. The third kappa shape index (κ3) is 3.91. The van der Waals surface area contributed by atoms with Gasteiger partial charge in [0.15, 0.2) is 0 Å². The number of aliphatic hydroxyl groups excluding tert-OH is 2. The standard InChI is InChI=1S/C13H17ClN2O3/c14-9-3-1-2-4-10(9)15-13(19)5-6-16-7-11(17)12(18)8-16/h1-4,11-12,17-18H,5-8H2,(H,15,19)/t11-,12+. The molecule has 0 radical (unpaired) electrons. The molecule has 1 fully saturated rings. The van der Waals surface area contributed by atoms with Crippen molar-refractivity contribution in [1.29, 1.82) is 0 Å². The molecule has 1 aromatic rings. The first-order valence-electron chi connectivity index (χ1n) is 6.19. The predicted octanol–water partition coefficient (Wildman–Crippen LogP) is 0.706. The first kappa shape index (κ1) is 14.3. The highest BCUT2D eigenvalue weighted by Gasteiger charge is 2.29. The predicted molar refractivity (Wildman–Crippen MR) is 73.2 cm³/mol. The summed E-state index contributed by atoms with van der Waals surface area (Å²) in [6, 6.07) is 7.05. The maximum atomic E-state index is 11.8. The van der Waals surface area contributed by atoms with Crippen molar-refractivity contribution in [2.45, 2.75) is 18.6 Å². The second-order valence-corrected chi connectivity index (χ2v) is 5.08. The van der Waals surface area contributed by atoms with Gasteiger partial charge in [0.2, 0.25) is 5.91 Å². The van der Waals surface area contributed by atoms with Crippen LogP contribution in [0.25, 0.3) is 0 Å². The molecule has 0 bridgehead atoms. The largest absolute Gasteiger partial charge is 0.389 e. The van der Waals surface area contributed by atoms with Gasteiger partial charge in [-0.2, -0.15) is 0 Å². The van der Waals surface area contributed by atoms with Crippen LogP contribution in [0.3, 0.4) is 0 Å². The van der Waals surface area contributed by atoms with Gasteiger partial charge in [-0.05, 0) is 12.1 Å². The molecule has 3 N–H and O–H groups in total. The lowest BCUT2D eigenvalue weighted by Crippen LogP contribution is -2.27. The van der Waals surface area contributed by atoms with E-state index in [1.807, 2.05) is 4.90 Å². The van der Waals surface area contributed by atoms with Crippen molar-refractivity contribution < 1.29 is 15.0 Å². The number of amides is 1. The molecule has 1 amide bonds. The molecule has 1 aromatic carbocycles. The zero-order chi connectivity index (χ0) is 13.8. The third-order valence-electron chi connectivity index (χ3n) is 3.14. The number of rotatable bonds is 4. The summed E-state index contributed by atoms with van der Waals surface area (Å²) in [6.07, 6.45) is -1.14. The Balaban J connectivity index is 1.78. The average molecular weight is 285 g/mol. The second-order valence-electron chi connectivity index (χ2n) is 4.67. The first-order valence-corrected chi connectivity index (χ1v) is 6.57. The smallest absolute Gasteiger partial charge is 0.225 e. The lowest BCUT2D eigenvalue weighted by Gasteiger charge is -2.14. The minimum absolute atomic E-state index is 0.135. The molecule has 2 atom stereocenters. The molecule has 0 unspecified atom stereocenters. The Kier molecular flexibility index (Phi) is 4.76. The monoisotopic (exact) mass is 284 g/mol. The molecule has 1 aliphatic heterocycles. The van der Waals surface area contributed by atoms with E-state index in [9.17, 15) is 15.0 Å². The van der Waals surface area contributed by atoms with Crippen LogP contribution in [0, 0.1) is 0 Å². The molecular formula is C13H17ClN2O3. The molecule has 1 heterocycles. The van der Waals surface area contributed by atoms with Crippen LogP contribution in [0.2, 0.25) is 5.02 Å². The number of carbonyl (C=O) groups is 1. The summed E-state index contributed by atoms with van der Waals surface area (Å²) in [5.74, 6) is -0.135. The van der Waals surface area contributed by atoms with E-state index < -0.39 is 12.2 Å². The highest BCUT2D eigenvalue weighted by atomic mass is 35.5. The Morgan fingerprint density at radius 3 is 2.58 bits per heavy atom. The number of para-hydroxylation sites is 1. The van der Waals surface area contributed by atoms with Gasteiger partial charge in [0.25, 0.3) is 0 Å². The Morgan fingerprint density at radius 1 is 1.32 bits per heavy atom. The van der Waals surface area contributed by atoms with Crippen LogP contribution in [0.1, 0.15) is 6.42 Å². The van der Waals surface area contributed by atoms with Crippen molar-refractivity contribution in [2.75, 3.05) is 25.0 Å². The highest BCUT2D eigenvalue weighted by molar-refractivity contribution is 6.33. The average Bonchev–Trinajstić information content (AvgIpc) is 2.69. The van der Waals surface area contributed by atoms with Gasteiger partial charge >= 0.3 is 0 Å². The van der Waals surface area contributed by atoms with Crippen molar-refractivity contribution in [2.24, 2.45) is 0 Å². The topological polar surface area (TPSA) is 72.8 Å². The number of aliphatic hydroxyl groups is 2. The van der Waals surface area contributed by atoms with Gasteiger partial charge < -0.3 is 15.5 Å². The summed E-state index contributed by atoms with van der Waals surface area (Å²) < 4.78 is 0. The molecule has 19 heavy (non-hydrogen) atoms. The Labute approximate surface area is 116 Å². The lowest BCUT2D eigenvalue weighted by molar-refractivity contribution is -0.116. The SMILES string of the molecule is O=C(CCN1C[C@@H](O)[C@@H](O)C1)Nc1ccccc1Cl. The summed E-state index contributed by atoms with van der Waals surface area (Å²) in [4.78, 5) is 13.6. The van der Waals surface area contributed by atoms with E-state index in [-0.39, 0.29) is 5.91 Å². The molecule has 2 rings (SSSR count). The van der Waals surface area contributed by atoms with Crippen LogP contribution in [0.15, 0.2) is 24.3 Å². The number of benzene rings is 1. The van der Waals surface area contributed by atoms with Gasteiger partial charge in [-0.1, -0.05) is 23.7 Å². The maximum absolute atomic E-state index is 11.8. The molecule has 0 aliphatic carbocycles. The van der Waals surface area contributed by atoms with E-state index in [1.54, 1.807) is 24.3 Å². The van der Waals surface area contributed by atoms with Crippen LogP contribution in [-0.2, 0) is 4.79 Å². The van der Waals surface area contributed by atoms with Gasteiger partial charge in [-0.25, -0.2) is 0 Å². The fraction of sp³-hybridized carbons (Fsp3) is 0.462. The van der Waals surface area contributed by atoms with Crippen molar-refractivity contribution in [1.82, 2.24) is 4.90 Å². The summed E-state index contributed by atoms with van der Waals surface area (Å²) >= 11 is 5.94. The lowest BCUT2D eigenvalue weighted by atomic mass is 10.3. The van der Waals surface area contributed by atoms with Crippen molar-refractivity contribution >= 4 is 23.2 Å². The normalized spacial score (nSPS) is 23.5. The minimum Gasteiger partial charge on any atom is -0.389 e. The number of hydrogen-bond donors (Lipinski definition) is 3. The van der Waals surface area contributed by atoms with Crippen LogP contribution < -0.4 is 5.32 Å². The van der Waals surface area contributed by atoms with Crippen molar-refractivity contribution in [3.8, 4) is 0 Å². The summed E-state index contributed by atoms with van der Waals surface area (Å²) in [7, 11) is 0. The number of hydrogen-bond acceptors (Lipinski definition) is 4. The number of halogens is 1. The summed E-state index contributed by atoms with van der Waals surface area (Å²) in [6.45, 7) is 1.31. The van der Waals surface area contributed by atoms with E-state index in [4.69, 9.17) is 11.6 Å². The third-order valence-corrected chi connectivity index (χ3v) is 3.47. The van der Waals surface area contributed by atoms with E-state index in [0.717, 1.165) is 0 Å². The first-order chi connectivity index (χ1) is 9.06. The van der Waals surface area contributed by atoms with Gasteiger partial charge in [0, 0.05) is 26.1 Å². The fourth-order valence-corrected chi connectivity index (χ4v) is 2.25. The van der Waals surface area contributed by atoms with E-state index in [2.05, 4.69) is 5.32 Å². The van der Waals surface area contributed by atoms with Gasteiger partial charge in [0.05, 0.1) is 22.9 Å². The maximum Gasteiger partial charge on any atom is 0.225 e. The van der Waals surface area contributed by atoms with Gasteiger partial charge in [-0.15, -0.1) is 0 Å². The van der Waals surface area contributed by atoms with Crippen LogP contribution in [0.5, 0.6) is 0 Å². The van der Waals surface area contributed by atoms with Crippen molar-refractivity contribution in [3.63, 3.8) is 0 Å². The number of nitrogens with zero attached hydrogens (tertiary/aromatic N) is 1. The number of nitrogens with one attached hydrogen (secondary N) is 1. The Hall–Kier alpha value is -1.14. The summed E-state index contributed by atoms with van der Waals surface area (Å²) in [5, 5.41) is 22.0. The molecule has 0 saturated carbocycles. The van der Waals surface area contributed by atoms with E-state index in [1.165, 1.54) is 0 Å². The minimum atomic E-state index is -0.716. The van der Waals surface area contributed by atoms with E-state index >= 15 is 0 Å². The number of anilines is 1. The summed E-state index contributed by atoms with van der Waals surface area (Å²) in [5.41, 5.74) is 0.593. The fourth-order valence-electron chi connectivity index (χ4n) is 2.06. The number of β-amino-alcohol motifs (C(OH)–C–C–N with tert-alkyl or cyclic N) is 2. The quantitative estimate of drug-likeness (QED) is 0.761. The Morgan fingerprint density at radius 2 is 1.95 bits per heavy atom. The number of carbonyl (C=O) groups excluding carboxylic acids is 1. The molecule has 5 nitrogen and oxygen atoms in total. The van der Waals surface area contributed by atoms with Crippen molar-refractivity contribution in [3.05, 3.63) is 29.3 Å². The number of likely N-dealkylation sites (tertiary alicyclic amines) is 1. The molecule has 0 aromatic heterocycles. The second kappa shape index (κ2) is 6.34. The Bertz CT molecular complexity index is 445. The molecular weight excluding hydrogens is 268 g/mol. The molecule has 104 valence electrons. The van der Waals surface area contributed by atoms with E-state index in [0.29, 0.717) is 36.8 Å².